The Morgan fingerprint density at radius 2 is 2.05 bits per heavy atom. The van der Waals surface area contributed by atoms with Crippen LogP contribution in [0, 0.1) is 6.92 Å². The molecule has 1 saturated heterocycles. The molecule has 6 nitrogen and oxygen atoms in total. The molecule has 0 aromatic carbocycles. The lowest BCUT2D eigenvalue weighted by molar-refractivity contribution is -0.0775. The van der Waals surface area contributed by atoms with E-state index in [2.05, 4.69) is 4.98 Å². The summed E-state index contributed by atoms with van der Waals surface area (Å²) in [7, 11) is 0. The predicted molar refractivity (Wildman–Crippen MR) is 72.1 cm³/mol. The number of nitrogens with zero attached hydrogens (tertiary/aromatic N) is 2. The second-order valence-corrected chi connectivity index (χ2v) is 5.30. The first-order valence-corrected chi connectivity index (χ1v) is 6.62. The number of aryl methyl sites for hydroxylation is 1. The fourth-order valence-electron chi connectivity index (χ4n) is 2.71. The molecule has 1 aliphatic rings. The van der Waals surface area contributed by atoms with Gasteiger partial charge in [-0.3, -0.25) is 0 Å². The highest BCUT2D eigenvalue weighted by Gasteiger charge is 2.45. The van der Waals surface area contributed by atoms with Gasteiger partial charge in [0, 0.05) is 17.8 Å². The fraction of sp³-hybridized carbons (Fsp3) is 0.500. The minimum atomic E-state index is -1.12. The van der Waals surface area contributed by atoms with Crippen LogP contribution in [0.3, 0.4) is 0 Å². The maximum Gasteiger partial charge on any atom is 0.164 e. The third-order valence-corrected chi connectivity index (χ3v) is 3.86. The molecule has 0 aliphatic carbocycles. The summed E-state index contributed by atoms with van der Waals surface area (Å²) in [6.07, 6.45) is -1.18. The zero-order valence-corrected chi connectivity index (χ0v) is 11.3. The van der Waals surface area contributed by atoms with Gasteiger partial charge in [-0.1, -0.05) is 0 Å². The van der Waals surface area contributed by atoms with Crippen LogP contribution in [-0.2, 0) is 4.74 Å². The molecule has 0 saturated carbocycles. The Balaban J connectivity index is 2.02. The van der Waals surface area contributed by atoms with E-state index in [0.717, 1.165) is 10.9 Å². The lowest BCUT2D eigenvalue weighted by Crippen LogP contribution is -2.37. The van der Waals surface area contributed by atoms with Crippen LogP contribution in [0.1, 0.15) is 18.7 Å². The van der Waals surface area contributed by atoms with Crippen molar-refractivity contribution in [3.05, 3.63) is 30.1 Å². The molecule has 1 aliphatic heterocycles. The molecule has 6 heteroatoms. The molecule has 0 radical (unpaired) electrons. The van der Waals surface area contributed by atoms with Crippen LogP contribution in [0.5, 0.6) is 0 Å². The maximum atomic E-state index is 10.1. The van der Waals surface area contributed by atoms with Gasteiger partial charge in [0.05, 0.1) is 6.10 Å². The van der Waals surface area contributed by atoms with Crippen molar-refractivity contribution in [3.8, 4) is 0 Å². The topological polar surface area (TPSA) is 87.7 Å². The van der Waals surface area contributed by atoms with Crippen LogP contribution in [-0.4, -0.2) is 49.3 Å². The molecule has 3 N–H and O–H groups in total. The third kappa shape index (κ3) is 1.92. The van der Waals surface area contributed by atoms with Crippen LogP contribution < -0.4 is 0 Å². The van der Waals surface area contributed by atoms with E-state index in [4.69, 9.17) is 4.74 Å². The molecule has 0 amide bonds. The molecule has 108 valence electrons. The van der Waals surface area contributed by atoms with Crippen LogP contribution in [0.4, 0.5) is 0 Å². The number of rotatable bonds is 2. The molecule has 3 rings (SSSR count). The summed E-state index contributed by atoms with van der Waals surface area (Å²) in [5, 5.41) is 30.7. The molecule has 3 heterocycles. The summed E-state index contributed by atoms with van der Waals surface area (Å²) >= 11 is 0. The van der Waals surface area contributed by atoms with E-state index in [9.17, 15) is 15.3 Å². The first kappa shape index (κ1) is 13.5. The van der Waals surface area contributed by atoms with Gasteiger partial charge in [0.15, 0.2) is 6.23 Å². The second-order valence-electron chi connectivity index (χ2n) is 5.30. The Kier molecular flexibility index (Phi) is 3.25. The van der Waals surface area contributed by atoms with E-state index < -0.39 is 30.6 Å². The lowest BCUT2D eigenvalue weighted by Gasteiger charge is -2.18. The van der Waals surface area contributed by atoms with Gasteiger partial charge in [-0.15, -0.1) is 0 Å². The highest BCUT2D eigenvalue weighted by Crippen LogP contribution is 2.33. The first-order valence-electron chi connectivity index (χ1n) is 6.62. The normalized spacial score (nSPS) is 31.9. The van der Waals surface area contributed by atoms with Crippen molar-refractivity contribution < 1.29 is 20.1 Å². The predicted octanol–water partition coefficient (Wildman–Crippen LogP) is 0.345. The Morgan fingerprint density at radius 1 is 1.30 bits per heavy atom. The van der Waals surface area contributed by atoms with E-state index in [1.54, 1.807) is 17.0 Å². The van der Waals surface area contributed by atoms with Gasteiger partial charge in [0.25, 0.3) is 0 Å². The number of fused-ring (bicyclic) bond motifs is 1. The number of ether oxygens (including phenoxy) is 1. The average molecular weight is 278 g/mol. The highest BCUT2D eigenvalue weighted by atomic mass is 16.6. The van der Waals surface area contributed by atoms with E-state index in [1.165, 1.54) is 6.92 Å². The van der Waals surface area contributed by atoms with Crippen LogP contribution in [0.25, 0.3) is 11.0 Å². The Bertz CT molecular complexity index is 625. The zero-order chi connectivity index (χ0) is 14.4. The third-order valence-electron chi connectivity index (χ3n) is 3.86. The molecule has 2 aromatic heterocycles. The minimum absolute atomic E-state index is 0.687. The average Bonchev–Trinajstić information content (AvgIpc) is 2.94. The largest absolute Gasteiger partial charge is 0.391 e. The van der Waals surface area contributed by atoms with Gasteiger partial charge in [0.1, 0.15) is 24.0 Å². The summed E-state index contributed by atoms with van der Waals surface area (Å²) in [6, 6.07) is 3.81. The van der Waals surface area contributed by atoms with Crippen LogP contribution >= 0.6 is 0 Å². The van der Waals surface area contributed by atoms with Gasteiger partial charge in [-0.2, -0.15) is 0 Å². The second kappa shape index (κ2) is 4.82. The van der Waals surface area contributed by atoms with E-state index in [0.29, 0.717) is 5.65 Å². The number of aliphatic hydroxyl groups excluding tert-OH is 3. The van der Waals surface area contributed by atoms with Crippen molar-refractivity contribution in [1.29, 1.82) is 0 Å². The maximum absolute atomic E-state index is 10.1. The summed E-state index contributed by atoms with van der Waals surface area (Å²) in [5.74, 6) is 0. The van der Waals surface area contributed by atoms with Gasteiger partial charge < -0.3 is 24.6 Å². The Hall–Kier alpha value is -1.47. The van der Waals surface area contributed by atoms with E-state index >= 15 is 0 Å². The molecule has 0 bridgehead atoms. The summed E-state index contributed by atoms with van der Waals surface area (Å²) in [5.41, 5.74) is 1.77. The molecule has 1 fully saturated rings. The molecule has 5 atom stereocenters. The molecule has 0 spiro atoms. The number of pyridine rings is 1. The van der Waals surface area contributed by atoms with Crippen LogP contribution in [0.15, 0.2) is 24.5 Å². The number of aromatic nitrogens is 2. The Morgan fingerprint density at radius 3 is 2.70 bits per heavy atom. The van der Waals surface area contributed by atoms with Crippen LogP contribution in [0.2, 0.25) is 0 Å². The van der Waals surface area contributed by atoms with Crippen molar-refractivity contribution >= 4 is 11.0 Å². The molecule has 20 heavy (non-hydrogen) atoms. The molecule has 2 aromatic rings. The highest BCUT2D eigenvalue weighted by molar-refractivity contribution is 5.79. The number of hydrogen-bond acceptors (Lipinski definition) is 5. The fourth-order valence-corrected chi connectivity index (χ4v) is 2.71. The molecular weight excluding hydrogens is 260 g/mol. The van der Waals surface area contributed by atoms with Crippen molar-refractivity contribution in [3.63, 3.8) is 0 Å². The molecule has 0 unspecified atom stereocenters. The standard InChI is InChI=1S/C14H18N2O4/c1-7-3-5-15-13-9(7)4-6-16(13)14-11(19)10(18)12(20-14)8(2)17/h3-6,8,10-12,14,17-19H,1-2H3/t8-,10-,11+,12+,14+/m0/s1. The SMILES string of the molecule is Cc1ccnc2c1ccn2[C@@H]1O[C@H]([C@H](C)O)[C@@H](O)[C@H]1O. The number of hydrogen-bond donors (Lipinski definition) is 3. The van der Waals surface area contributed by atoms with Crippen molar-refractivity contribution in [1.82, 2.24) is 9.55 Å². The van der Waals surface area contributed by atoms with Gasteiger partial charge in [-0.05, 0) is 31.5 Å². The summed E-state index contributed by atoms with van der Waals surface area (Å²) in [4.78, 5) is 4.30. The van der Waals surface area contributed by atoms with Crippen molar-refractivity contribution in [2.45, 2.75) is 44.5 Å². The van der Waals surface area contributed by atoms with Crippen molar-refractivity contribution in [2.75, 3.05) is 0 Å². The quantitative estimate of drug-likeness (QED) is 0.737. The van der Waals surface area contributed by atoms with Crippen molar-refractivity contribution in [2.24, 2.45) is 0 Å². The smallest absolute Gasteiger partial charge is 0.164 e. The van der Waals surface area contributed by atoms with Gasteiger partial charge in [0.2, 0.25) is 0 Å². The molecular formula is C14H18N2O4. The van der Waals surface area contributed by atoms with Gasteiger partial charge >= 0.3 is 0 Å². The zero-order valence-electron chi connectivity index (χ0n) is 11.3. The van der Waals surface area contributed by atoms with E-state index in [1.807, 2.05) is 19.1 Å². The minimum Gasteiger partial charge on any atom is -0.391 e. The monoisotopic (exact) mass is 278 g/mol. The Labute approximate surface area is 116 Å². The lowest BCUT2D eigenvalue weighted by atomic mass is 10.1. The summed E-state index contributed by atoms with van der Waals surface area (Å²) < 4.78 is 7.31. The van der Waals surface area contributed by atoms with Gasteiger partial charge in [-0.25, -0.2) is 4.98 Å². The summed E-state index contributed by atoms with van der Waals surface area (Å²) in [6.45, 7) is 3.51. The van der Waals surface area contributed by atoms with E-state index in [-0.39, 0.29) is 0 Å². The first-order chi connectivity index (χ1) is 9.50. The number of aliphatic hydroxyl groups is 3.